The van der Waals surface area contributed by atoms with Crippen molar-refractivity contribution in [3.8, 4) is 5.75 Å². The van der Waals surface area contributed by atoms with E-state index in [1.54, 1.807) is 24.3 Å². The molecule has 0 unspecified atom stereocenters. The molecule has 0 saturated carbocycles. The Bertz CT molecular complexity index is 1330. The topological polar surface area (TPSA) is 122 Å². The van der Waals surface area contributed by atoms with E-state index in [0.29, 0.717) is 13.2 Å². The molecule has 10 heteroatoms. The summed E-state index contributed by atoms with van der Waals surface area (Å²) >= 11 is 0. The molecule has 3 aromatic carbocycles. The number of phenols is 1. The standard InChI is InChI=1S/C24H24N2O7S/c1-16(33-24(29)21-13-17-5-2-3-6-18(17)14-22(21)27)23(28)25-19-7-4-8-20(15-19)34(30,31)26-9-11-32-12-10-26/h2-8,13-16,27H,9-12H2,1H3,(H,25,28)/t16-/m1/s1. The summed E-state index contributed by atoms with van der Waals surface area (Å²) in [6.07, 6.45) is -1.20. The van der Waals surface area contributed by atoms with Gasteiger partial charge < -0.3 is 19.9 Å². The number of ether oxygens (including phenoxy) is 2. The third-order valence-electron chi connectivity index (χ3n) is 5.45. The first-order chi connectivity index (χ1) is 16.3. The zero-order valence-corrected chi connectivity index (χ0v) is 19.2. The van der Waals surface area contributed by atoms with Gasteiger partial charge in [0.15, 0.2) is 6.10 Å². The van der Waals surface area contributed by atoms with Crippen LogP contribution < -0.4 is 5.32 Å². The van der Waals surface area contributed by atoms with Crippen molar-refractivity contribution < 1.29 is 32.6 Å². The van der Waals surface area contributed by atoms with Gasteiger partial charge >= 0.3 is 5.97 Å². The van der Waals surface area contributed by atoms with Crippen LogP contribution in [-0.2, 0) is 24.3 Å². The fourth-order valence-electron chi connectivity index (χ4n) is 3.58. The van der Waals surface area contributed by atoms with Gasteiger partial charge in [-0.2, -0.15) is 4.31 Å². The van der Waals surface area contributed by atoms with Crippen molar-refractivity contribution in [1.29, 1.82) is 0 Å². The van der Waals surface area contributed by atoms with Crippen molar-refractivity contribution in [3.63, 3.8) is 0 Å². The molecule has 34 heavy (non-hydrogen) atoms. The second-order valence-electron chi connectivity index (χ2n) is 7.80. The molecule has 3 aromatic rings. The van der Waals surface area contributed by atoms with Gasteiger partial charge in [-0.3, -0.25) is 4.79 Å². The Balaban J connectivity index is 1.44. The van der Waals surface area contributed by atoms with Crippen LogP contribution in [0.15, 0.2) is 65.6 Å². The van der Waals surface area contributed by atoms with Gasteiger partial charge in [-0.25, -0.2) is 13.2 Å². The maximum Gasteiger partial charge on any atom is 0.342 e. The van der Waals surface area contributed by atoms with Gasteiger partial charge in [-0.15, -0.1) is 0 Å². The molecular formula is C24H24N2O7S. The minimum absolute atomic E-state index is 0.0398. The van der Waals surface area contributed by atoms with Crippen LogP contribution in [0.3, 0.4) is 0 Å². The normalized spacial score (nSPS) is 15.6. The highest BCUT2D eigenvalue weighted by atomic mass is 32.2. The number of benzene rings is 3. The van der Waals surface area contributed by atoms with Gasteiger partial charge in [0.05, 0.1) is 18.1 Å². The Morgan fingerprint density at radius 2 is 1.71 bits per heavy atom. The van der Waals surface area contributed by atoms with E-state index in [1.807, 2.05) is 6.07 Å². The van der Waals surface area contributed by atoms with Gasteiger partial charge in [0.2, 0.25) is 10.0 Å². The summed E-state index contributed by atoms with van der Waals surface area (Å²) in [5.74, 6) is -1.75. The summed E-state index contributed by atoms with van der Waals surface area (Å²) in [6, 6.07) is 16.0. The largest absolute Gasteiger partial charge is 0.507 e. The number of sulfonamides is 1. The van der Waals surface area contributed by atoms with Crippen molar-refractivity contribution in [2.75, 3.05) is 31.6 Å². The molecule has 0 radical (unpaired) electrons. The molecule has 1 atom stereocenters. The number of anilines is 1. The number of morpholine rings is 1. The molecule has 4 rings (SSSR count). The number of amides is 1. The molecule has 2 N–H and O–H groups in total. The van der Waals surface area contributed by atoms with E-state index in [9.17, 15) is 23.1 Å². The van der Waals surface area contributed by atoms with Gasteiger partial charge in [-0.1, -0.05) is 30.3 Å². The van der Waals surface area contributed by atoms with Crippen molar-refractivity contribution in [3.05, 3.63) is 66.2 Å². The van der Waals surface area contributed by atoms with Crippen LogP contribution in [0, 0.1) is 0 Å². The number of aromatic hydroxyl groups is 1. The van der Waals surface area contributed by atoms with Crippen molar-refractivity contribution >= 4 is 38.4 Å². The number of nitrogens with zero attached hydrogens (tertiary/aromatic N) is 1. The van der Waals surface area contributed by atoms with Gasteiger partial charge in [0.1, 0.15) is 11.3 Å². The Kier molecular flexibility index (Phi) is 6.82. The monoisotopic (exact) mass is 484 g/mol. The molecule has 1 aliphatic heterocycles. The van der Waals surface area contributed by atoms with Crippen molar-refractivity contribution in [2.45, 2.75) is 17.9 Å². The minimum atomic E-state index is -3.73. The first-order valence-corrected chi connectivity index (χ1v) is 12.1. The Labute approximate surface area is 196 Å². The fraction of sp³-hybridized carbons (Fsp3) is 0.250. The van der Waals surface area contributed by atoms with Crippen LogP contribution >= 0.6 is 0 Å². The molecule has 0 bridgehead atoms. The van der Waals surface area contributed by atoms with Crippen LogP contribution in [0.5, 0.6) is 5.75 Å². The lowest BCUT2D eigenvalue weighted by Crippen LogP contribution is -2.40. The van der Waals surface area contributed by atoms with Gasteiger partial charge in [0, 0.05) is 18.8 Å². The Morgan fingerprint density at radius 1 is 1.03 bits per heavy atom. The van der Waals surface area contributed by atoms with Crippen LogP contribution in [0.25, 0.3) is 10.8 Å². The summed E-state index contributed by atoms with van der Waals surface area (Å²) in [4.78, 5) is 25.2. The highest BCUT2D eigenvalue weighted by molar-refractivity contribution is 7.89. The summed E-state index contributed by atoms with van der Waals surface area (Å²) in [5.41, 5.74) is 0.188. The minimum Gasteiger partial charge on any atom is -0.507 e. The number of esters is 1. The van der Waals surface area contributed by atoms with Gasteiger partial charge in [0.25, 0.3) is 5.91 Å². The average molecular weight is 485 g/mol. The lowest BCUT2D eigenvalue weighted by Gasteiger charge is -2.26. The zero-order chi connectivity index (χ0) is 24.3. The first kappa shape index (κ1) is 23.7. The zero-order valence-electron chi connectivity index (χ0n) is 18.4. The van der Waals surface area contributed by atoms with E-state index < -0.39 is 28.0 Å². The Morgan fingerprint density at radius 3 is 2.41 bits per heavy atom. The first-order valence-electron chi connectivity index (χ1n) is 10.7. The summed E-state index contributed by atoms with van der Waals surface area (Å²) in [5, 5.41) is 14.3. The van der Waals surface area contributed by atoms with Crippen molar-refractivity contribution in [2.24, 2.45) is 0 Å². The van der Waals surface area contributed by atoms with E-state index in [2.05, 4.69) is 5.32 Å². The molecule has 0 aromatic heterocycles. The number of rotatable bonds is 6. The summed E-state index contributed by atoms with van der Waals surface area (Å²) in [7, 11) is -3.73. The molecule has 178 valence electrons. The van der Waals surface area contributed by atoms with Gasteiger partial charge in [-0.05, 0) is 48.0 Å². The number of hydrogen-bond donors (Lipinski definition) is 2. The predicted molar refractivity (Wildman–Crippen MR) is 125 cm³/mol. The predicted octanol–water partition coefficient (Wildman–Crippen LogP) is 2.75. The number of carbonyl (C=O) groups is 2. The lowest BCUT2D eigenvalue weighted by molar-refractivity contribution is -0.123. The number of hydrogen-bond acceptors (Lipinski definition) is 7. The number of fused-ring (bicyclic) bond motifs is 1. The third kappa shape index (κ3) is 5.04. The molecule has 1 fully saturated rings. The maximum absolute atomic E-state index is 12.9. The molecule has 1 amide bonds. The maximum atomic E-state index is 12.9. The van der Waals surface area contributed by atoms with Crippen molar-refractivity contribution in [1.82, 2.24) is 4.31 Å². The van der Waals surface area contributed by atoms with Crippen LogP contribution in [-0.4, -0.2) is 62.1 Å². The molecule has 9 nitrogen and oxygen atoms in total. The van der Waals surface area contributed by atoms with E-state index in [-0.39, 0.29) is 35.0 Å². The van der Waals surface area contributed by atoms with E-state index >= 15 is 0 Å². The van der Waals surface area contributed by atoms with Crippen LogP contribution in [0.4, 0.5) is 5.69 Å². The molecule has 1 aliphatic rings. The summed E-state index contributed by atoms with van der Waals surface area (Å²) < 4.78 is 37.5. The highest BCUT2D eigenvalue weighted by Crippen LogP contribution is 2.26. The Hall–Kier alpha value is -3.47. The number of phenolic OH excluding ortho intramolecular Hbond substituents is 1. The molecular weight excluding hydrogens is 460 g/mol. The molecule has 0 spiro atoms. The second-order valence-corrected chi connectivity index (χ2v) is 9.74. The SMILES string of the molecule is C[C@@H](OC(=O)c1cc2ccccc2cc1O)C(=O)Nc1cccc(S(=O)(=O)N2CCOCC2)c1. The van der Waals surface area contributed by atoms with E-state index in [1.165, 1.54) is 41.6 Å². The quantitative estimate of drug-likeness (QED) is 0.516. The third-order valence-corrected chi connectivity index (χ3v) is 7.34. The van der Waals surface area contributed by atoms with E-state index in [0.717, 1.165) is 10.8 Å². The van der Waals surface area contributed by atoms with Crippen LogP contribution in [0.2, 0.25) is 0 Å². The molecule has 0 aliphatic carbocycles. The van der Waals surface area contributed by atoms with E-state index in [4.69, 9.17) is 9.47 Å². The number of nitrogens with one attached hydrogen (secondary N) is 1. The summed E-state index contributed by atoms with van der Waals surface area (Å²) in [6.45, 7) is 2.55. The smallest absolute Gasteiger partial charge is 0.342 e. The second kappa shape index (κ2) is 9.80. The lowest BCUT2D eigenvalue weighted by atomic mass is 10.1. The molecule has 1 heterocycles. The average Bonchev–Trinajstić information content (AvgIpc) is 2.84. The molecule has 1 saturated heterocycles. The fourth-order valence-corrected chi connectivity index (χ4v) is 5.04. The van der Waals surface area contributed by atoms with Crippen LogP contribution in [0.1, 0.15) is 17.3 Å². The highest BCUT2D eigenvalue weighted by Gasteiger charge is 2.27. The number of carbonyl (C=O) groups excluding carboxylic acids is 2.